The number of hydrogen-bond donors (Lipinski definition) is 0. The number of carbonyl (C=O) groups is 2. The number of halogens is 1. The van der Waals surface area contributed by atoms with Crippen molar-refractivity contribution >= 4 is 12.2 Å². The second-order valence-electron chi connectivity index (χ2n) is 4.35. The fraction of sp³-hybridized carbons (Fsp3) is 0.500. The number of amides is 1. The summed E-state index contributed by atoms with van der Waals surface area (Å²) in [6.45, 7) is 5.74. The van der Waals surface area contributed by atoms with E-state index in [9.17, 15) is 14.0 Å². The van der Waals surface area contributed by atoms with E-state index in [0.29, 0.717) is 19.5 Å². The molecule has 0 saturated carbocycles. The number of rotatable bonds is 8. The minimum Gasteiger partial charge on any atom is -0.341 e. The first kappa shape index (κ1) is 18.3. The van der Waals surface area contributed by atoms with Crippen molar-refractivity contribution in [3.05, 3.63) is 35.9 Å². The lowest BCUT2D eigenvalue weighted by Crippen LogP contribution is -2.26. The summed E-state index contributed by atoms with van der Waals surface area (Å²) in [5.74, 6) is -0.742. The largest absolute Gasteiger partial charge is 0.341 e. The summed E-state index contributed by atoms with van der Waals surface area (Å²) >= 11 is 0. The van der Waals surface area contributed by atoms with E-state index >= 15 is 0 Å². The molecule has 3 nitrogen and oxygen atoms in total. The van der Waals surface area contributed by atoms with Crippen molar-refractivity contribution in [2.24, 2.45) is 5.92 Å². The lowest BCUT2D eigenvalue weighted by Gasteiger charge is -2.19. The van der Waals surface area contributed by atoms with Gasteiger partial charge in [0, 0.05) is 19.0 Å². The van der Waals surface area contributed by atoms with E-state index in [0.717, 1.165) is 12.0 Å². The smallest absolute Gasteiger partial charge is 0.210 e. The molecule has 0 spiro atoms. The molecule has 0 aliphatic rings. The second-order valence-corrected chi connectivity index (χ2v) is 4.35. The molecule has 0 saturated heterocycles. The minimum absolute atomic E-state index is 0.340. The van der Waals surface area contributed by atoms with Crippen molar-refractivity contribution < 1.29 is 14.0 Å². The topological polar surface area (TPSA) is 37.4 Å². The van der Waals surface area contributed by atoms with Crippen molar-refractivity contribution in [3.63, 3.8) is 0 Å². The molecular formula is C16H24FNO2. The number of benzene rings is 1. The molecule has 0 aromatic heterocycles. The van der Waals surface area contributed by atoms with Crippen LogP contribution in [0.25, 0.3) is 0 Å². The van der Waals surface area contributed by atoms with Crippen LogP contribution in [0.5, 0.6) is 0 Å². The van der Waals surface area contributed by atoms with Gasteiger partial charge in [0.1, 0.15) is 6.67 Å². The van der Waals surface area contributed by atoms with Crippen molar-refractivity contribution in [1.29, 1.82) is 0 Å². The molecule has 0 N–H and O–H groups in total. The highest BCUT2D eigenvalue weighted by Crippen LogP contribution is 2.08. The van der Waals surface area contributed by atoms with E-state index in [1.165, 1.54) is 0 Å². The number of Topliss-reactive ketones (excluding diaryl/α,β-unsaturated/α-hetero) is 1. The molecule has 0 bridgehead atoms. The van der Waals surface area contributed by atoms with E-state index in [2.05, 4.69) is 0 Å². The number of ketones is 1. The Hall–Kier alpha value is -1.71. The monoisotopic (exact) mass is 281 g/mol. The molecule has 1 aromatic carbocycles. The Bertz CT molecular complexity index is 381. The molecular weight excluding hydrogens is 257 g/mol. The SMILES string of the molecule is CC.CC(CCN(C=O)Cc1ccccc1)C(=O)CF. The summed E-state index contributed by atoms with van der Waals surface area (Å²) in [5, 5.41) is 0. The van der Waals surface area contributed by atoms with Gasteiger partial charge in [-0.05, 0) is 12.0 Å². The summed E-state index contributed by atoms with van der Waals surface area (Å²) in [6.07, 6.45) is 1.26. The van der Waals surface area contributed by atoms with Crippen LogP contribution in [-0.2, 0) is 16.1 Å². The van der Waals surface area contributed by atoms with Gasteiger partial charge >= 0.3 is 0 Å². The average molecular weight is 281 g/mol. The van der Waals surface area contributed by atoms with Crippen LogP contribution in [0.2, 0.25) is 0 Å². The van der Waals surface area contributed by atoms with Crippen LogP contribution in [0.15, 0.2) is 30.3 Å². The number of nitrogens with zero attached hydrogens (tertiary/aromatic N) is 1. The van der Waals surface area contributed by atoms with Gasteiger partial charge in [-0.1, -0.05) is 51.1 Å². The van der Waals surface area contributed by atoms with Crippen molar-refractivity contribution in [3.8, 4) is 0 Å². The molecule has 4 heteroatoms. The van der Waals surface area contributed by atoms with Gasteiger partial charge in [0.05, 0.1) is 0 Å². The molecule has 112 valence electrons. The third-order valence-electron chi connectivity index (χ3n) is 2.91. The number of carbonyl (C=O) groups excluding carboxylic acids is 2. The fourth-order valence-corrected chi connectivity index (χ4v) is 1.64. The van der Waals surface area contributed by atoms with Crippen LogP contribution in [-0.4, -0.2) is 30.3 Å². The zero-order valence-electron chi connectivity index (χ0n) is 12.5. The molecule has 0 radical (unpaired) electrons. The number of hydrogen-bond acceptors (Lipinski definition) is 2. The first-order chi connectivity index (χ1) is 9.67. The summed E-state index contributed by atoms with van der Waals surface area (Å²) in [7, 11) is 0. The Morgan fingerprint density at radius 2 is 1.90 bits per heavy atom. The first-order valence-corrected chi connectivity index (χ1v) is 6.99. The van der Waals surface area contributed by atoms with Gasteiger partial charge < -0.3 is 4.90 Å². The van der Waals surface area contributed by atoms with Gasteiger partial charge in [0.2, 0.25) is 6.41 Å². The third kappa shape index (κ3) is 7.02. The molecule has 0 heterocycles. The molecule has 0 fully saturated rings. The van der Waals surface area contributed by atoms with Gasteiger partial charge in [-0.3, -0.25) is 9.59 Å². The van der Waals surface area contributed by atoms with Gasteiger partial charge in [-0.15, -0.1) is 0 Å². The normalized spacial score (nSPS) is 11.0. The molecule has 1 aromatic rings. The molecule has 1 amide bonds. The maximum Gasteiger partial charge on any atom is 0.210 e. The van der Waals surface area contributed by atoms with E-state index in [1.54, 1.807) is 11.8 Å². The fourth-order valence-electron chi connectivity index (χ4n) is 1.64. The molecule has 0 aliphatic heterocycles. The lowest BCUT2D eigenvalue weighted by molar-refractivity contribution is -0.124. The van der Waals surface area contributed by atoms with Gasteiger partial charge in [0.15, 0.2) is 5.78 Å². The van der Waals surface area contributed by atoms with E-state index in [1.807, 2.05) is 44.2 Å². The highest BCUT2D eigenvalue weighted by Gasteiger charge is 2.13. The van der Waals surface area contributed by atoms with Crippen LogP contribution < -0.4 is 0 Å². The Balaban J connectivity index is 0.00000172. The van der Waals surface area contributed by atoms with E-state index in [-0.39, 0.29) is 5.92 Å². The summed E-state index contributed by atoms with van der Waals surface area (Å²) < 4.78 is 12.2. The van der Waals surface area contributed by atoms with Crippen LogP contribution >= 0.6 is 0 Å². The third-order valence-corrected chi connectivity index (χ3v) is 2.91. The van der Waals surface area contributed by atoms with Gasteiger partial charge in [-0.25, -0.2) is 4.39 Å². The number of alkyl halides is 1. The minimum atomic E-state index is -0.930. The molecule has 1 atom stereocenters. The summed E-state index contributed by atoms with van der Waals surface area (Å²) in [4.78, 5) is 23.6. The summed E-state index contributed by atoms with van der Waals surface area (Å²) in [5.41, 5.74) is 1.04. The van der Waals surface area contributed by atoms with Gasteiger partial charge in [0.25, 0.3) is 0 Å². The highest BCUT2D eigenvalue weighted by atomic mass is 19.1. The van der Waals surface area contributed by atoms with Gasteiger partial charge in [-0.2, -0.15) is 0 Å². The van der Waals surface area contributed by atoms with Crippen LogP contribution in [0.4, 0.5) is 4.39 Å². The van der Waals surface area contributed by atoms with E-state index < -0.39 is 12.5 Å². The zero-order valence-corrected chi connectivity index (χ0v) is 12.5. The predicted octanol–water partition coefficient (Wildman–Crippen LogP) is 3.24. The quantitative estimate of drug-likeness (QED) is 0.686. The zero-order chi connectivity index (χ0) is 15.4. The molecule has 0 aliphatic carbocycles. The highest BCUT2D eigenvalue weighted by molar-refractivity contribution is 5.81. The lowest BCUT2D eigenvalue weighted by atomic mass is 10.0. The van der Waals surface area contributed by atoms with E-state index in [4.69, 9.17) is 0 Å². The Morgan fingerprint density at radius 3 is 2.40 bits per heavy atom. The standard InChI is InChI=1S/C14H18FNO2.C2H6/c1-12(14(18)9-15)7-8-16(11-17)10-13-5-3-2-4-6-13;1-2/h2-6,11-12H,7-10H2,1H3;1-2H3. The van der Waals surface area contributed by atoms with Crippen LogP contribution in [0.1, 0.15) is 32.8 Å². The predicted molar refractivity (Wildman–Crippen MR) is 79.0 cm³/mol. The first-order valence-electron chi connectivity index (χ1n) is 6.99. The maximum absolute atomic E-state index is 12.2. The van der Waals surface area contributed by atoms with Crippen molar-refractivity contribution in [2.45, 2.75) is 33.7 Å². The average Bonchev–Trinajstić information content (AvgIpc) is 2.53. The Labute approximate surface area is 120 Å². The maximum atomic E-state index is 12.2. The second kappa shape index (κ2) is 11.1. The van der Waals surface area contributed by atoms with Crippen molar-refractivity contribution in [1.82, 2.24) is 4.90 Å². The summed E-state index contributed by atoms with van der Waals surface area (Å²) in [6, 6.07) is 9.61. The van der Waals surface area contributed by atoms with Crippen LogP contribution in [0.3, 0.4) is 0 Å². The molecule has 1 unspecified atom stereocenters. The molecule has 1 rings (SSSR count). The van der Waals surface area contributed by atoms with Crippen LogP contribution in [0, 0.1) is 5.92 Å². The Kier molecular flexibility index (Phi) is 10.2. The van der Waals surface area contributed by atoms with Crippen molar-refractivity contribution in [2.75, 3.05) is 13.2 Å². The molecule has 20 heavy (non-hydrogen) atoms. The Morgan fingerprint density at radius 1 is 1.30 bits per heavy atom.